The van der Waals surface area contributed by atoms with Crippen molar-refractivity contribution in [1.29, 1.82) is 0 Å². The van der Waals surface area contributed by atoms with Gasteiger partial charge in [-0.1, -0.05) is 30.3 Å². The molecule has 0 saturated heterocycles. The van der Waals surface area contributed by atoms with Crippen molar-refractivity contribution in [2.45, 2.75) is 26.0 Å². The van der Waals surface area contributed by atoms with Gasteiger partial charge in [-0.3, -0.25) is 4.79 Å². The summed E-state index contributed by atoms with van der Waals surface area (Å²) in [6, 6.07) is 11.1. The zero-order chi connectivity index (χ0) is 20.7. The molecule has 0 bridgehead atoms. The Labute approximate surface area is 170 Å². The minimum atomic E-state index is -1.02. The Hall–Kier alpha value is -2.87. The normalized spacial score (nSPS) is 11.4. The number of hydrogen-bond acceptors (Lipinski definition) is 6. The first-order valence-corrected chi connectivity index (χ1v) is 9.18. The van der Waals surface area contributed by atoms with Crippen LogP contribution in [0, 0.1) is 0 Å². The van der Waals surface area contributed by atoms with Gasteiger partial charge in [-0.15, -0.1) is 0 Å². The number of carbonyl (C=O) groups excluding carboxylic acids is 3. The number of phenols is 1. The number of phenolic OH excluding ortho intramolecular Hbond substituents is 1. The van der Waals surface area contributed by atoms with Crippen LogP contribution < -0.4 is 5.32 Å². The lowest BCUT2D eigenvalue weighted by Gasteiger charge is -2.17. The number of methoxy groups -OCH3 is 1. The van der Waals surface area contributed by atoms with Crippen molar-refractivity contribution in [3.8, 4) is 5.75 Å². The summed E-state index contributed by atoms with van der Waals surface area (Å²) in [6.45, 7) is 1.38. The van der Waals surface area contributed by atoms with E-state index in [0.717, 1.165) is 5.56 Å². The smallest absolute Gasteiger partial charge is 0.408 e. The number of alkyl carbamates (subject to hydrolysis) is 1. The molecule has 0 aliphatic carbocycles. The molecular weight excluding hydrogens is 430 g/mol. The third-order valence-electron chi connectivity index (χ3n) is 3.93. The van der Waals surface area contributed by atoms with E-state index in [0.29, 0.717) is 10.0 Å². The van der Waals surface area contributed by atoms with E-state index in [1.165, 1.54) is 20.1 Å². The molecule has 7 nitrogen and oxygen atoms in total. The maximum atomic E-state index is 12.1. The molecule has 28 heavy (non-hydrogen) atoms. The molecule has 0 fully saturated rings. The molecule has 0 aliphatic rings. The second-order valence-electron chi connectivity index (χ2n) is 6.02. The number of amides is 1. The first kappa shape index (κ1) is 21.4. The molecule has 0 aliphatic heterocycles. The van der Waals surface area contributed by atoms with Crippen molar-refractivity contribution in [3.63, 3.8) is 0 Å². The molecular formula is C20H20BrNO6. The lowest BCUT2D eigenvalue weighted by Crippen LogP contribution is -2.43. The minimum absolute atomic E-state index is 0.0479. The van der Waals surface area contributed by atoms with Gasteiger partial charge in [0.05, 0.1) is 17.1 Å². The quantitative estimate of drug-likeness (QED) is 0.496. The van der Waals surface area contributed by atoms with Gasteiger partial charge in [-0.05, 0) is 46.1 Å². The molecule has 2 rings (SSSR count). The Bertz CT molecular complexity index is 868. The highest BCUT2D eigenvalue weighted by Crippen LogP contribution is 2.30. The Kier molecular flexibility index (Phi) is 7.57. The number of aromatic hydroxyl groups is 1. The number of halogens is 1. The summed E-state index contributed by atoms with van der Waals surface area (Å²) < 4.78 is 10.2. The predicted molar refractivity (Wildman–Crippen MR) is 105 cm³/mol. The van der Waals surface area contributed by atoms with E-state index >= 15 is 0 Å². The molecule has 0 radical (unpaired) electrons. The van der Waals surface area contributed by atoms with Crippen LogP contribution >= 0.6 is 15.9 Å². The van der Waals surface area contributed by atoms with Gasteiger partial charge >= 0.3 is 12.1 Å². The number of ether oxygens (including phenoxy) is 2. The molecule has 0 heterocycles. The Morgan fingerprint density at radius 2 is 1.82 bits per heavy atom. The van der Waals surface area contributed by atoms with Crippen molar-refractivity contribution in [2.75, 3.05) is 7.11 Å². The number of Topliss-reactive ketones (excluding diaryl/α,β-unsaturated/α-hetero) is 1. The fourth-order valence-corrected chi connectivity index (χ4v) is 3.03. The topological polar surface area (TPSA) is 102 Å². The van der Waals surface area contributed by atoms with Gasteiger partial charge in [0.25, 0.3) is 0 Å². The lowest BCUT2D eigenvalue weighted by molar-refractivity contribution is -0.143. The maximum absolute atomic E-state index is 12.1. The SMILES string of the molecule is COC(=O)[C@H](Cc1cc(Br)c(O)c(C(C)=O)c1)NC(=O)OCc1ccccc1. The fraction of sp³-hybridized carbons (Fsp3) is 0.250. The van der Waals surface area contributed by atoms with Gasteiger partial charge in [0.15, 0.2) is 5.78 Å². The Morgan fingerprint density at radius 3 is 2.43 bits per heavy atom. The molecule has 0 spiro atoms. The van der Waals surface area contributed by atoms with E-state index in [9.17, 15) is 19.5 Å². The summed E-state index contributed by atoms with van der Waals surface area (Å²) in [4.78, 5) is 35.8. The zero-order valence-corrected chi connectivity index (χ0v) is 17.0. The molecule has 0 unspecified atom stereocenters. The van der Waals surface area contributed by atoms with Crippen LogP contribution in [0.15, 0.2) is 46.9 Å². The van der Waals surface area contributed by atoms with E-state index in [1.807, 2.05) is 30.3 Å². The van der Waals surface area contributed by atoms with Gasteiger partial charge in [-0.25, -0.2) is 9.59 Å². The van der Waals surface area contributed by atoms with Crippen LogP contribution in [0.5, 0.6) is 5.75 Å². The van der Waals surface area contributed by atoms with Gasteiger partial charge in [0.2, 0.25) is 0 Å². The lowest BCUT2D eigenvalue weighted by atomic mass is 10.0. The van der Waals surface area contributed by atoms with Crippen molar-refractivity contribution < 1.29 is 29.0 Å². The molecule has 2 N–H and O–H groups in total. The zero-order valence-electron chi connectivity index (χ0n) is 15.4. The van der Waals surface area contributed by atoms with Crippen molar-refractivity contribution in [3.05, 3.63) is 63.6 Å². The monoisotopic (exact) mass is 449 g/mol. The summed E-state index contributed by atoms with van der Waals surface area (Å²) in [6.07, 6.45) is -0.726. The van der Waals surface area contributed by atoms with E-state index in [4.69, 9.17) is 9.47 Å². The Morgan fingerprint density at radius 1 is 1.14 bits per heavy atom. The highest BCUT2D eigenvalue weighted by Gasteiger charge is 2.24. The summed E-state index contributed by atoms with van der Waals surface area (Å²) in [5.74, 6) is -1.17. The maximum Gasteiger partial charge on any atom is 0.408 e. The number of ketones is 1. The summed E-state index contributed by atoms with van der Waals surface area (Å²) in [7, 11) is 1.21. The van der Waals surface area contributed by atoms with E-state index in [2.05, 4.69) is 21.2 Å². The molecule has 2 aromatic rings. The average molecular weight is 450 g/mol. The third-order valence-corrected chi connectivity index (χ3v) is 4.54. The van der Waals surface area contributed by atoms with Gasteiger partial charge in [0.1, 0.15) is 18.4 Å². The van der Waals surface area contributed by atoms with E-state index < -0.39 is 18.1 Å². The predicted octanol–water partition coefficient (Wildman–Crippen LogP) is 3.37. The van der Waals surface area contributed by atoms with Gasteiger partial charge in [0, 0.05) is 6.42 Å². The number of hydrogen-bond donors (Lipinski definition) is 2. The first-order valence-electron chi connectivity index (χ1n) is 8.39. The number of nitrogens with one attached hydrogen (secondary N) is 1. The number of rotatable bonds is 7. The number of benzene rings is 2. The Balaban J connectivity index is 2.10. The van der Waals surface area contributed by atoms with Crippen LogP contribution in [-0.4, -0.2) is 36.1 Å². The highest BCUT2D eigenvalue weighted by molar-refractivity contribution is 9.10. The number of esters is 1. The average Bonchev–Trinajstić information content (AvgIpc) is 2.68. The number of carbonyl (C=O) groups is 3. The van der Waals surface area contributed by atoms with E-state index in [1.54, 1.807) is 6.07 Å². The molecule has 1 amide bonds. The van der Waals surface area contributed by atoms with Crippen LogP contribution in [0.4, 0.5) is 4.79 Å². The summed E-state index contributed by atoms with van der Waals surface area (Å²) in [5.41, 5.74) is 1.47. The first-order chi connectivity index (χ1) is 13.3. The van der Waals surface area contributed by atoms with Crippen molar-refractivity contribution in [2.24, 2.45) is 0 Å². The second kappa shape index (κ2) is 9.89. The fourth-order valence-electron chi connectivity index (χ4n) is 2.52. The minimum Gasteiger partial charge on any atom is -0.506 e. The third kappa shape index (κ3) is 5.82. The van der Waals surface area contributed by atoms with Crippen LogP contribution in [0.3, 0.4) is 0 Å². The van der Waals surface area contributed by atoms with Crippen LogP contribution in [-0.2, 0) is 27.3 Å². The molecule has 2 aromatic carbocycles. The van der Waals surface area contributed by atoms with Crippen molar-refractivity contribution in [1.82, 2.24) is 5.32 Å². The van der Waals surface area contributed by atoms with Crippen LogP contribution in [0.2, 0.25) is 0 Å². The van der Waals surface area contributed by atoms with Gasteiger partial charge < -0.3 is 19.9 Å². The second-order valence-corrected chi connectivity index (χ2v) is 6.87. The highest BCUT2D eigenvalue weighted by atomic mass is 79.9. The standard InChI is InChI=1S/C20H20BrNO6/c1-12(23)15-8-14(9-16(21)18(15)24)10-17(19(25)27-2)22-20(26)28-11-13-6-4-3-5-7-13/h3-9,17,24H,10-11H2,1-2H3,(H,22,26)/t17-/m0/s1. The molecule has 1 atom stereocenters. The van der Waals surface area contributed by atoms with E-state index in [-0.39, 0.29) is 30.1 Å². The van der Waals surface area contributed by atoms with Crippen molar-refractivity contribution >= 4 is 33.8 Å². The van der Waals surface area contributed by atoms with Crippen LogP contribution in [0.1, 0.15) is 28.4 Å². The van der Waals surface area contributed by atoms with Gasteiger partial charge in [-0.2, -0.15) is 0 Å². The summed E-state index contributed by atoms with van der Waals surface area (Å²) in [5, 5.41) is 12.4. The molecule has 0 aromatic heterocycles. The molecule has 8 heteroatoms. The summed E-state index contributed by atoms with van der Waals surface area (Å²) >= 11 is 3.18. The molecule has 148 valence electrons. The van der Waals surface area contributed by atoms with Crippen LogP contribution in [0.25, 0.3) is 0 Å². The molecule has 0 saturated carbocycles. The largest absolute Gasteiger partial charge is 0.506 e.